The summed E-state index contributed by atoms with van der Waals surface area (Å²) >= 11 is 0. The van der Waals surface area contributed by atoms with Gasteiger partial charge in [-0.3, -0.25) is 4.79 Å². The lowest BCUT2D eigenvalue weighted by atomic mass is 10.6. The summed E-state index contributed by atoms with van der Waals surface area (Å²) in [6, 6.07) is 0. The van der Waals surface area contributed by atoms with E-state index in [1.165, 1.54) is 11.0 Å². The molecule has 1 aromatic rings. The molecule has 0 saturated carbocycles. The average Bonchev–Trinajstić information content (AvgIpc) is 2.52. The lowest BCUT2D eigenvalue weighted by Gasteiger charge is -1.97. The molecule has 3 N–H and O–H groups in total. The normalized spacial score (nSPS) is 9.83. The largest absolute Gasteiger partial charge is 0.358 e. The van der Waals surface area contributed by atoms with Gasteiger partial charge in [0.2, 0.25) is 5.91 Å². The quantitative estimate of drug-likeness (QED) is 0.575. The van der Waals surface area contributed by atoms with Crippen LogP contribution in [-0.2, 0) is 17.9 Å². The van der Waals surface area contributed by atoms with Crippen molar-refractivity contribution in [1.29, 1.82) is 0 Å². The van der Waals surface area contributed by atoms with Crippen molar-refractivity contribution in [3.05, 3.63) is 12.2 Å². The monoisotopic (exact) mass is 169 g/mol. The summed E-state index contributed by atoms with van der Waals surface area (Å²) < 4.78 is 1.45. The first kappa shape index (κ1) is 8.66. The highest BCUT2D eigenvalue weighted by Crippen LogP contribution is 1.87. The number of amides is 1. The number of aromatic nitrogens is 3. The van der Waals surface area contributed by atoms with Gasteiger partial charge in [0.25, 0.3) is 0 Å². The van der Waals surface area contributed by atoms with Crippen LogP contribution in [0.1, 0.15) is 5.82 Å². The number of likely N-dealkylation sites (N-methyl/N-ethyl adjacent to an activating group) is 1. The van der Waals surface area contributed by atoms with E-state index in [4.69, 9.17) is 5.73 Å². The summed E-state index contributed by atoms with van der Waals surface area (Å²) in [5.74, 6) is 0.433. The van der Waals surface area contributed by atoms with Crippen molar-refractivity contribution in [2.24, 2.45) is 5.73 Å². The fourth-order valence-corrected chi connectivity index (χ4v) is 0.729. The molecular formula is C6H11N5O. The molecule has 66 valence electrons. The molecule has 0 atom stereocenters. The zero-order chi connectivity index (χ0) is 8.97. The van der Waals surface area contributed by atoms with Crippen molar-refractivity contribution < 1.29 is 4.79 Å². The maximum absolute atomic E-state index is 10.8. The molecule has 0 aliphatic carbocycles. The van der Waals surface area contributed by atoms with E-state index in [9.17, 15) is 4.79 Å². The molecule has 0 aliphatic rings. The van der Waals surface area contributed by atoms with E-state index in [-0.39, 0.29) is 12.5 Å². The molecule has 0 aliphatic heterocycles. The molecular weight excluding hydrogens is 158 g/mol. The summed E-state index contributed by atoms with van der Waals surface area (Å²) in [4.78, 5) is 14.7. The van der Waals surface area contributed by atoms with Crippen molar-refractivity contribution in [3.8, 4) is 0 Å². The first-order valence-electron chi connectivity index (χ1n) is 3.55. The van der Waals surface area contributed by atoms with Gasteiger partial charge in [0, 0.05) is 7.05 Å². The van der Waals surface area contributed by atoms with Crippen LogP contribution in [0.5, 0.6) is 0 Å². The van der Waals surface area contributed by atoms with Crippen molar-refractivity contribution in [2.75, 3.05) is 7.05 Å². The molecule has 0 radical (unpaired) electrons. The summed E-state index contributed by atoms with van der Waals surface area (Å²) in [5.41, 5.74) is 5.29. The molecule has 1 amide bonds. The van der Waals surface area contributed by atoms with Crippen molar-refractivity contribution in [3.63, 3.8) is 0 Å². The predicted molar refractivity (Wildman–Crippen MR) is 42.0 cm³/mol. The average molecular weight is 169 g/mol. The molecule has 0 aromatic carbocycles. The Morgan fingerprint density at radius 2 is 2.58 bits per heavy atom. The standard InChI is InChI=1S/C6H11N5O/c1-8-6(12)3-11-4-9-5(2-7)10-11/h4H,2-3,7H2,1H3,(H,8,12). The van der Waals surface area contributed by atoms with E-state index in [0.717, 1.165) is 0 Å². The number of carbonyl (C=O) groups is 1. The molecule has 0 fully saturated rings. The van der Waals surface area contributed by atoms with Crippen molar-refractivity contribution >= 4 is 5.91 Å². The Bertz CT molecular complexity index is 269. The third-order valence-corrected chi connectivity index (χ3v) is 1.35. The summed E-state index contributed by atoms with van der Waals surface area (Å²) in [7, 11) is 1.57. The topological polar surface area (TPSA) is 85.8 Å². The maximum Gasteiger partial charge on any atom is 0.241 e. The Morgan fingerprint density at radius 1 is 1.83 bits per heavy atom. The molecule has 0 saturated heterocycles. The van der Waals surface area contributed by atoms with Crippen LogP contribution >= 0.6 is 0 Å². The Hall–Kier alpha value is -1.43. The van der Waals surface area contributed by atoms with E-state index in [1.807, 2.05) is 0 Å². The van der Waals surface area contributed by atoms with Crippen LogP contribution in [0.4, 0.5) is 0 Å². The van der Waals surface area contributed by atoms with Crippen LogP contribution < -0.4 is 11.1 Å². The van der Waals surface area contributed by atoms with Crippen LogP contribution in [-0.4, -0.2) is 27.7 Å². The second-order valence-electron chi connectivity index (χ2n) is 2.24. The van der Waals surface area contributed by atoms with Gasteiger partial charge in [-0.15, -0.1) is 0 Å². The van der Waals surface area contributed by atoms with Crippen LogP contribution in [0, 0.1) is 0 Å². The molecule has 0 spiro atoms. The second-order valence-corrected chi connectivity index (χ2v) is 2.24. The fourth-order valence-electron chi connectivity index (χ4n) is 0.729. The zero-order valence-corrected chi connectivity index (χ0v) is 6.82. The third kappa shape index (κ3) is 2.03. The minimum Gasteiger partial charge on any atom is -0.358 e. The number of hydrogen-bond donors (Lipinski definition) is 2. The molecule has 0 bridgehead atoms. The number of nitrogens with two attached hydrogens (primary N) is 1. The lowest BCUT2D eigenvalue weighted by molar-refractivity contribution is -0.121. The molecule has 1 heterocycles. The number of carbonyl (C=O) groups excluding carboxylic acids is 1. The molecule has 12 heavy (non-hydrogen) atoms. The van der Waals surface area contributed by atoms with Gasteiger partial charge in [0.1, 0.15) is 12.9 Å². The smallest absolute Gasteiger partial charge is 0.241 e. The summed E-state index contributed by atoms with van der Waals surface area (Å²) in [6.45, 7) is 0.476. The maximum atomic E-state index is 10.8. The summed E-state index contributed by atoms with van der Waals surface area (Å²) in [6.07, 6.45) is 1.48. The predicted octanol–water partition coefficient (Wildman–Crippen LogP) is -1.52. The highest BCUT2D eigenvalue weighted by Gasteiger charge is 2.01. The fraction of sp³-hybridized carbons (Fsp3) is 0.500. The highest BCUT2D eigenvalue weighted by atomic mass is 16.1. The van der Waals surface area contributed by atoms with E-state index in [0.29, 0.717) is 12.4 Å². The Kier molecular flexibility index (Phi) is 2.76. The van der Waals surface area contributed by atoms with Gasteiger partial charge >= 0.3 is 0 Å². The number of nitrogens with one attached hydrogen (secondary N) is 1. The SMILES string of the molecule is CNC(=O)Cn1cnc(CN)n1. The van der Waals surface area contributed by atoms with Gasteiger partial charge in [-0.05, 0) is 0 Å². The lowest BCUT2D eigenvalue weighted by Crippen LogP contribution is -2.23. The molecule has 0 unspecified atom stereocenters. The third-order valence-electron chi connectivity index (χ3n) is 1.35. The van der Waals surface area contributed by atoms with Gasteiger partial charge in [-0.2, -0.15) is 5.10 Å². The highest BCUT2D eigenvalue weighted by molar-refractivity contribution is 5.75. The second kappa shape index (κ2) is 3.82. The number of rotatable bonds is 3. The van der Waals surface area contributed by atoms with E-state index in [1.54, 1.807) is 7.05 Å². The number of nitrogens with zero attached hydrogens (tertiary/aromatic N) is 3. The molecule has 1 aromatic heterocycles. The van der Waals surface area contributed by atoms with E-state index >= 15 is 0 Å². The Labute approximate surface area is 69.8 Å². The van der Waals surface area contributed by atoms with E-state index < -0.39 is 0 Å². The first-order chi connectivity index (χ1) is 5.76. The van der Waals surface area contributed by atoms with E-state index in [2.05, 4.69) is 15.4 Å². The van der Waals surface area contributed by atoms with Crippen LogP contribution in [0.3, 0.4) is 0 Å². The molecule has 6 heteroatoms. The van der Waals surface area contributed by atoms with Crippen LogP contribution in [0.2, 0.25) is 0 Å². The van der Waals surface area contributed by atoms with Gasteiger partial charge in [0.05, 0.1) is 6.54 Å². The Morgan fingerprint density at radius 3 is 3.08 bits per heavy atom. The zero-order valence-electron chi connectivity index (χ0n) is 6.82. The van der Waals surface area contributed by atoms with Crippen LogP contribution in [0.15, 0.2) is 6.33 Å². The number of hydrogen-bond acceptors (Lipinski definition) is 4. The molecule has 6 nitrogen and oxygen atoms in total. The van der Waals surface area contributed by atoms with Crippen LogP contribution in [0.25, 0.3) is 0 Å². The van der Waals surface area contributed by atoms with Crippen molar-refractivity contribution in [1.82, 2.24) is 20.1 Å². The van der Waals surface area contributed by atoms with Gasteiger partial charge in [-0.1, -0.05) is 0 Å². The first-order valence-corrected chi connectivity index (χ1v) is 3.55. The van der Waals surface area contributed by atoms with Gasteiger partial charge in [-0.25, -0.2) is 9.67 Å². The summed E-state index contributed by atoms with van der Waals surface area (Å²) in [5, 5.41) is 6.42. The Balaban J connectivity index is 2.58. The molecule has 1 rings (SSSR count). The van der Waals surface area contributed by atoms with Gasteiger partial charge < -0.3 is 11.1 Å². The minimum atomic E-state index is -0.108. The minimum absolute atomic E-state index is 0.108. The van der Waals surface area contributed by atoms with Gasteiger partial charge in [0.15, 0.2) is 5.82 Å². The van der Waals surface area contributed by atoms with Crippen molar-refractivity contribution in [2.45, 2.75) is 13.1 Å².